The lowest BCUT2D eigenvalue weighted by Crippen LogP contribution is -2.07. The molecule has 2 heterocycles. The van der Waals surface area contributed by atoms with Crippen LogP contribution in [0.4, 0.5) is 24.5 Å². The monoisotopic (exact) mass is 462 g/mol. The van der Waals surface area contributed by atoms with Crippen molar-refractivity contribution < 1.29 is 17.9 Å². The Bertz CT molecular complexity index is 1230. The number of fused-ring (bicyclic) bond motifs is 1. The lowest BCUT2D eigenvalue weighted by Gasteiger charge is -2.09. The molecule has 4 aromatic rings. The van der Waals surface area contributed by atoms with E-state index in [-0.39, 0.29) is 0 Å². The second-order valence-corrected chi connectivity index (χ2v) is 8.41. The average molecular weight is 462 g/mol. The Morgan fingerprint density at radius 2 is 1.94 bits per heavy atom. The fourth-order valence-corrected chi connectivity index (χ4v) is 4.13. The molecule has 2 aromatic carbocycles. The molecular formula is C21H18F3N4OPS. The number of H-pyrrole nitrogens is 1. The first-order chi connectivity index (χ1) is 14.8. The van der Waals surface area contributed by atoms with Crippen LogP contribution in [0.15, 0.2) is 59.6 Å². The maximum atomic E-state index is 12.8. The second kappa shape index (κ2) is 8.77. The Hall–Kier alpha value is -2.77. The Morgan fingerprint density at radius 3 is 2.71 bits per heavy atom. The number of pyridine rings is 1. The van der Waals surface area contributed by atoms with E-state index in [0.717, 1.165) is 39.5 Å². The zero-order valence-corrected chi connectivity index (χ0v) is 18.3. The highest BCUT2D eigenvalue weighted by Crippen LogP contribution is 2.31. The zero-order chi connectivity index (χ0) is 22.0. The fourth-order valence-electron chi connectivity index (χ4n) is 3.00. The van der Waals surface area contributed by atoms with Gasteiger partial charge in [0.25, 0.3) is 0 Å². The third-order valence-corrected chi connectivity index (χ3v) is 5.72. The van der Waals surface area contributed by atoms with Gasteiger partial charge in [-0.25, -0.2) is 4.98 Å². The summed E-state index contributed by atoms with van der Waals surface area (Å²) in [6.45, 7) is 0. The molecule has 0 aliphatic carbocycles. The molecule has 0 saturated carbocycles. The van der Waals surface area contributed by atoms with Crippen LogP contribution in [0, 0.1) is 0 Å². The molecule has 0 radical (unpaired) electrons. The van der Waals surface area contributed by atoms with Gasteiger partial charge in [0.1, 0.15) is 17.3 Å². The molecule has 1 unspecified atom stereocenters. The smallest absolute Gasteiger partial charge is 0.433 e. The Balaban J connectivity index is 1.49. The van der Waals surface area contributed by atoms with E-state index in [2.05, 4.69) is 29.5 Å². The van der Waals surface area contributed by atoms with Gasteiger partial charge < -0.3 is 15.0 Å². The molecule has 31 heavy (non-hydrogen) atoms. The molecule has 10 heteroatoms. The molecule has 0 aliphatic rings. The number of aromatic nitrogens is 3. The van der Waals surface area contributed by atoms with E-state index in [1.807, 2.05) is 36.4 Å². The molecule has 2 N–H and O–H groups in total. The van der Waals surface area contributed by atoms with Crippen LogP contribution in [0.2, 0.25) is 0 Å². The van der Waals surface area contributed by atoms with Gasteiger partial charge in [-0.1, -0.05) is 0 Å². The fraction of sp³-hybridized carbons (Fsp3) is 0.143. The van der Waals surface area contributed by atoms with E-state index in [1.54, 1.807) is 13.2 Å². The molecule has 0 aliphatic heterocycles. The molecule has 5 nitrogen and oxygen atoms in total. The number of thioether (sulfide) groups is 1. The summed E-state index contributed by atoms with van der Waals surface area (Å²) in [6, 6.07) is 14.1. The van der Waals surface area contributed by atoms with Gasteiger partial charge in [0.15, 0.2) is 0 Å². The molecule has 0 fully saturated rings. The van der Waals surface area contributed by atoms with Crippen molar-refractivity contribution in [2.24, 2.45) is 0 Å². The van der Waals surface area contributed by atoms with Crippen molar-refractivity contribution in [3.63, 3.8) is 0 Å². The Labute approximate surface area is 183 Å². The van der Waals surface area contributed by atoms with Gasteiger partial charge in [-0.2, -0.15) is 13.2 Å². The van der Waals surface area contributed by atoms with E-state index in [4.69, 9.17) is 4.74 Å². The number of halogens is 3. The van der Waals surface area contributed by atoms with Crippen LogP contribution < -0.4 is 15.4 Å². The number of nitrogens with one attached hydrogen (secondary N) is 2. The zero-order valence-electron chi connectivity index (χ0n) is 16.3. The van der Waals surface area contributed by atoms with Crippen molar-refractivity contribution in [2.45, 2.75) is 16.8 Å². The van der Waals surface area contributed by atoms with Gasteiger partial charge in [-0.05, 0) is 47.8 Å². The highest BCUT2D eigenvalue weighted by molar-refractivity contribution is 7.98. The van der Waals surface area contributed by atoms with Crippen LogP contribution in [0.5, 0.6) is 5.75 Å². The van der Waals surface area contributed by atoms with Crippen molar-refractivity contribution in [1.82, 2.24) is 15.0 Å². The van der Waals surface area contributed by atoms with Crippen LogP contribution in [-0.2, 0) is 11.9 Å². The first-order valence-electron chi connectivity index (χ1n) is 9.16. The summed E-state index contributed by atoms with van der Waals surface area (Å²) in [5.74, 6) is 1.84. The minimum Gasteiger partial charge on any atom is -0.497 e. The minimum atomic E-state index is -4.46. The highest BCUT2D eigenvalue weighted by Gasteiger charge is 2.32. The second-order valence-electron chi connectivity index (χ2n) is 6.70. The van der Waals surface area contributed by atoms with Crippen molar-refractivity contribution in [3.8, 4) is 5.75 Å². The number of alkyl halides is 3. The summed E-state index contributed by atoms with van der Waals surface area (Å²) in [7, 11) is 4.27. The third kappa shape index (κ3) is 5.29. The molecule has 160 valence electrons. The normalized spacial score (nSPS) is 11.6. The number of methoxy groups -OCH3 is 1. The SMILES string of the molecule is COc1cc(P)cc(Nc2ccc3nc(CSc4ccnc(C(F)(F)F)c4)[nH]c3c2)c1. The van der Waals surface area contributed by atoms with Gasteiger partial charge in [0.05, 0.1) is 23.9 Å². The lowest BCUT2D eigenvalue weighted by atomic mass is 10.2. The molecular weight excluding hydrogens is 444 g/mol. The highest BCUT2D eigenvalue weighted by atomic mass is 32.2. The standard InChI is InChI=1S/C21H18F3N4OPS/c1-29-14-6-13(7-15(30)9-14)26-12-2-3-17-18(8-12)28-20(27-17)11-31-16-4-5-25-19(10-16)21(22,23)24/h2-10,26H,11,30H2,1H3,(H,27,28). The number of ether oxygens (including phenoxy) is 1. The van der Waals surface area contributed by atoms with Crippen molar-refractivity contribution >= 4 is 48.7 Å². The molecule has 0 spiro atoms. The topological polar surface area (TPSA) is 62.8 Å². The number of benzene rings is 2. The number of aromatic amines is 1. The van der Waals surface area contributed by atoms with E-state index >= 15 is 0 Å². The first-order valence-corrected chi connectivity index (χ1v) is 10.7. The Kier molecular flexibility index (Phi) is 6.07. The average Bonchev–Trinajstić information content (AvgIpc) is 3.13. The maximum absolute atomic E-state index is 12.8. The number of nitrogens with zero attached hydrogens (tertiary/aromatic N) is 2. The third-order valence-electron chi connectivity index (χ3n) is 4.38. The molecule has 4 rings (SSSR count). The van der Waals surface area contributed by atoms with Crippen LogP contribution in [0.3, 0.4) is 0 Å². The molecule has 1 atom stereocenters. The van der Waals surface area contributed by atoms with Crippen LogP contribution in [0.1, 0.15) is 11.5 Å². The lowest BCUT2D eigenvalue weighted by molar-refractivity contribution is -0.141. The predicted molar refractivity (Wildman–Crippen MR) is 121 cm³/mol. The summed E-state index contributed by atoms with van der Waals surface area (Å²) < 4.78 is 43.8. The van der Waals surface area contributed by atoms with Crippen LogP contribution in [-0.4, -0.2) is 22.1 Å². The number of hydrogen-bond acceptors (Lipinski definition) is 5. The largest absolute Gasteiger partial charge is 0.497 e. The summed E-state index contributed by atoms with van der Waals surface area (Å²) >= 11 is 1.27. The molecule has 0 bridgehead atoms. The van der Waals surface area contributed by atoms with Crippen LogP contribution in [0.25, 0.3) is 11.0 Å². The summed E-state index contributed by atoms with van der Waals surface area (Å²) in [4.78, 5) is 11.6. The summed E-state index contributed by atoms with van der Waals surface area (Å²) in [5, 5.41) is 4.33. The predicted octanol–water partition coefficient (Wildman–Crippen LogP) is 5.52. The van der Waals surface area contributed by atoms with Gasteiger partial charge in [-0.15, -0.1) is 21.0 Å². The van der Waals surface area contributed by atoms with Crippen molar-refractivity contribution in [1.29, 1.82) is 0 Å². The van der Waals surface area contributed by atoms with Crippen molar-refractivity contribution in [3.05, 3.63) is 66.2 Å². The number of anilines is 2. The van der Waals surface area contributed by atoms with Gasteiger partial charge in [0, 0.05) is 28.5 Å². The summed E-state index contributed by atoms with van der Waals surface area (Å²) in [5.41, 5.74) is 2.47. The van der Waals surface area contributed by atoms with Gasteiger partial charge in [-0.3, -0.25) is 4.98 Å². The number of hydrogen-bond donors (Lipinski definition) is 2. The van der Waals surface area contributed by atoms with Crippen molar-refractivity contribution in [2.75, 3.05) is 12.4 Å². The maximum Gasteiger partial charge on any atom is 0.433 e. The summed E-state index contributed by atoms with van der Waals surface area (Å²) in [6.07, 6.45) is -3.29. The minimum absolute atomic E-state index is 0.408. The van der Waals surface area contributed by atoms with E-state index in [0.29, 0.717) is 16.5 Å². The van der Waals surface area contributed by atoms with E-state index in [9.17, 15) is 13.2 Å². The molecule has 0 saturated heterocycles. The Morgan fingerprint density at radius 1 is 1.10 bits per heavy atom. The quantitative estimate of drug-likeness (QED) is 0.292. The van der Waals surface area contributed by atoms with Crippen LogP contribution >= 0.6 is 21.0 Å². The van der Waals surface area contributed by atoms with Gasteiger partial charge in [0.2, 0.25) is 0 Å². The first kappa shape index (κ1) is 21.5. The van der Waals surface area contributed by atoms with Gasteiger partial charge >= 0.3 is 6.18 Å². The number of imidazole rings is 1. The molecule has 0 amide bonds. The van der Waals surface area contributed by atoms with E-state index < -0.39 is 11.9 Å². The number of rotatable bonds is 6. The van der Waals surface area contributed by atoms with E-state index in [1.165, 1.54) is 18.0 Å². The molecule has 2 aromatic heterocycles.